The van der Waals surface area contributed by atoms with Gasteiger partial charge >= 0.3 is 17.9 Å². The zero-order chi connectivity index (χ0) is 58.5. The first-order valence-electron chi connectivity index (χ1n) is 33.7. The molecule has 0 saturated carbocycles. The number of hydrogen-bond donors (Lipinski definition) is 0. The number of ether oxygens (including phenoxy) is 3. The number of carbonyl (C=O) groups excluding carboxylic acids is 3. The summed E-state index contributed by atoms with van der Waals surface area (Å²) in [6.07, 6.45) is 96.0. The third-order valence-electron chi connectivity index (χ3n) is 14.1. The van der Waals surface area contributed by atoms with Gasteiger partial charge in [0.05, 0.1) is 0 Å². The summed E-state index contributed by atoms with van der Waals surface area (Å²) < 4.78 is 16.9. The second-order valence-corrected chi connectivity index (χ2v) is 22.0. The van der Waals surface area contributed by atoms with E-state index in [-0.39, 0.29) is 31.1 Å². The van der Waals surface area contributed by atoms with Gasteiger partial charge in [-0.15, -0.1) is 0 Å². The number of hydrogen-bond acceptors (Lipinski definition) is 6. The lowest BCUT2D eigenvalue weighted by molar-refractivity contribution is -0.167. The van der Waals surface area contributed by atoms with Crippen LogP contribution in [0.1, 0.15) is 303 Å². The fourth-order valence-electron chi connectivity index (χ4n) is 9.14. The van der Waals surface area contributed by atoms with E-state index >= 15 is 0 Å². The van der Waals surface area contributed by atoms with Gasteiger partial charge in [0.1, 0.15) is 13.2 Å². The van der Waals surface area contributed by atoms with Crippen molar-refractivity contribution >= 4 is 17.9 Å². The Morgan fingerprint density at radius 1 is 0.259 bits per heavy atom. The van der Waals surface area contributed by atoms with Crippen molar-refractivity contribution in [2.45, 2.75) is 309 Å². The minimum absolute atomic E-state index is 0.0929. The highest BCUT2D eigenvalue weighted by molar-refractivity contribution is 5.71. The lowest BCUT2D eigenvalue weighted by Gasteiger charge is -2.18. The van der Waals surface area contributed by atoms with Gasteiger partial charge in [-0.1, -0.05) is 283 Å². The number of esters is 3. The van der Waals surface area contributed by atoms with Crippen molar-refractivity contribution in [1.82, 2.24) is 0 Å². The summed E-state index contributed by atoms with van der Waals surface area (Å²) >= 11 is 0. The van der Waals surface area contributed by atoms with Crippen molar-refractivity contribution in [3.8, 4) is 0 Å². The SMILES string of the molecule is CC/C=C\C/C=C\C/C=C\C/C=C\C/C=C\C/C=C\CCCCCCCCCCC(=O)OCC(COC(=O)CCCCCCC/C=C\C/C=C\C/C=C\CC)OC(=O)CCCCCCCCCCC/C=C\C/C=C\CCCCCCC. The quantitative estimate of drug-likeness (QED) is 0.0261. The van der Waals surface area contributed by atoms with Gasteiger partial charge in [0, 0.05) is 19.3 Å². The van der Waals surface area contributed by atoms with E-state index in [4.69, 9.17) is 14.2 Å². The normalized spacial score (nSPS) is 13.0. The maximum atomic E-state index is 12.9. The highest BCUT2D eigenvalue weighted by atomic mass is 16.6. The molecule has 460 valence electrons. The van der Waals surface area contributed by atoms with Crippen LogP contribution in [0.3, 0.4) is 0 Å². The van der Waals surface area contributed by atoms with Gasteiger partial charge in [-0.3, -0.25) is 14.4 Å². The minimum atomic E-state index is -0.798. The van der Waals surface area contributed by atoms with Crippen LogP contribution in [0.25, 0.3) is 0 Å². The molecular weight excluding hydrogens is 997 g/mol. The van der Waals surface area contributed by atoms with Crippen molar-refractivity contribution in [1.29, 1.82) is 0 Å². The molecule has 0 N–H and O–H groups in total. The number of carbonyl (C=O) groups is 3. The van der Waals surface area contributed by atoms with Gasteiger partial charge in [-0.25, -0.2) is 0 Å². The van der Waals surface area contributed by atoms with Crippen LogP contribution in [0.2, 0.25) is 0 Å². The van der Waals surface area contributed by atoms with Crippen LogP contribution in [0.5, 0.6) is 0 Å². The zero-order valence-electron chi connectivity index (χ0n) is 52.8. The maximum Gasteiger partial charge on any atom is 0.306 e. The Kier molecular flexibility index (Phi) is 64.3. The molecule has 0 aliphatic rings. The summed E-state index contributed by atoms with van der Waals surface area (Å²) in [5.74, 6) is -0.916. The standard InChI is InChI=1S/C75H124O6/c1-4-7-10-13-16-19-22-25-28-30-32-34-35-36-37-38-39-41-42-44-47-50-53-56-59-62-65-68-74(77)80-71-72(70-79-73(76)67-64-61-58-55-52-49-46-27-24-21-18-15-12-9-6-3)81-75(78)69-66-63-60-57-54-51-48-45-43-40-33-31-29-26-23-20-17-14-11-8-5-2/h7,9-10,12,16,18-19,21,23,25-28,31-34,36-37,39,41,46,72H,4-6,8,11,13-15,17,20,22,24,29-30,35,38,40,42-45,47-71H2,1-3H3/b10-7-,12-9-,19-16-,21-18-,26-23-,28-25-,33-31-,34-32-,37-36-,41-39-,46-27-. The van der Waals surface area contributed by atoms with Crippen molar-refractivity contribution in [2.75, 3.05) is 13.2 Å². The molecule has 1 atom stereocenters. The molecule has 0 fully saturated rings. The summed E-state index contributed by atoms with van der Waals surface area (Å²) in [5.41, 5.74) is 0. The van der Waals surface area contributed by atoms with E-state index in [1.165, 1.54) is 116 Å². The molecule has 0 aliphatic heterocycles. The van der Waals surface area contributed by atoms with Crippen LogP contribution in [0, 0.1) is 0 Å². The Hall–Kier alpha value is -4.45. The lowest BCUT2D eigenvalue weighted by atomic mass is 10.1. The summed E-state index contributed by atoms with van der Waals surface area (Å²) in [6, 6.07) is 0. The van der Waals surface area contributed by atoms with Crippen LogP contribution in [-0.2, 0) is 28.6 Å². The molecule has 6 nitrogen and oxygen atoms in total. The smallest absolute Gasteiger partial charge is 0.306 e. The number of unbranched alkanes of at least 4 members (excludes halogenated alkanes) is 27. The van der Waals surface area contributed by atoms with Gasteiger partial charge in [-0.2, -0.15) is 0 Å². The van der Waals surface area contributed by atoms with Gasteiger partial charge < -0.3 is 14.2 Å². The van der Waals surface area contributed by atoms with Crippen LogP contribution >= 0.6 is 0 Å². The van der Waals surface area contributed by atoms with Gasteiger partial charge in [0.15, 0.2) is 6.10 Å². The first-order valence-corrected chi connectivity index (χ1v) is 33.7. The summed E-state index contributed by atoms with van der Waals surface area (Å²) in [6.45, 7) is 6.40. The Morgan fingerprint density at radius 3 is 0.753 bits per heavy atom. The molecule has 0 aromatic rings. The fourth-order valence-corrected chi connectivity index (χ4v) is 9.14. The van der Waals surface area contributed by atoms with Crippen molar-refractivity contribution in [3.63, 3.8) is 0 Å². The average molecular weight is 1120 g/mol. The van der Waals surface area contributed by atoms with Crippen molar-refractivity contribution in [2.24, 2.45) is 0 Å². The first kappa shape index (κ1) is 76.5. The average Bonchev–Trinajstić information content (AvgIpc) is 3.47. The summed E-state index contributed by atoms with van der Waals surface area (Å²) in [5, 5.41) is 0. The molecule has 81 heavy (non-hydrogen) atoms. The van der Waals surface area contributed by atoms with E-state index in [0.717, 1.165) is 148 Å². The van der Waals surface area contributed by atoms with Crippen LogP contribution in [0.15, 0.2) is 134 Å². The number of rotatable bonds is 60. The molecule has 0 aromatic carbocycles. The molecular formula is C75H124O6. The maximum absolute atomic E-state index is 12.9. The highest BCUT2D eigenvalue weighted by Gasteiger charge is 2.19. The molecule has 0 rings (SSSR count). The second kappa shape index (κ2) is 68.1. The summed E-state index contributed by atoms with van der Waals surface area (Å²) in [4.78, 5) is 38.4. The Bertz CT molecular complexity index is 1720. The van der Waals surface area contributed by atoms with Gasteiger partial charge in [0.25, 0.3) is 0 Å². The molecule has 0 saturated heterocycles. The Morgan fingerprint density at radius 2 is 0.481 bits per heavy atom. The van der Waals surface area contributed by atoms with E-state index in [9.17, 15) is 14.4 Å². The largest absolute Gasteiger partial charge is 0.462 e. The molecule has 6 heteroatoms. The van der Waals surface area contributed by atoms with Crippen LogP contribution in [-0.4, -0.2) is 37.2 Å². The van der Waals surface area contributed by atoms with E-state index < -0.39 is 6.10 Å². The molecule has 0 spiro atoms. The molecule has 0 amide bonds. The predicted octanol–water partition coefficient (Wildman–Crippen LogP) is 23.3. The molecule has 0 radical (unpaired) electrons. The summed E-state index contributed by atoms with van der Waals surface area (Å²) in [7, 11) is 0. The zero-order valence-corrected chi connectivity index (χ0v) is 52.8. The Labute approximate surface area is 500 Å². The highest BCUT2D eigenvalue weighted by Crippen LogP contribution is 2.16. The number of allylic oxidation sites excluding steroid dienone is 22. The molecule has 1 unspecified atom stereocenters. The minimum Gasteiger partial charge on any atom is -0.462 e. The topological polar surface area (TPSA) is 78.9 Å². The predicted molar refractivity (Wildman–Crippen MR) is 353 cm³/mol. The second-order valence-electron chi connectivity index (χ2n) is 22.0. The van der Waals surface area contributed by atoms with Crippen LogP contribution < -0.4 is 0 Å². The molecule has 0 aromatic heterocycles. The third-order valence-corrected chi connectivity index (χ3v) is 14.1. The van der Waals surface area contributed by atoms with Gasteiger partial charge in [0.2, 0.25) is 0 Å². The van der Waals surface area contributed by atoms with E-state index in [1.807, 2.05) is 0 Å². The Balaban J connectivity index is 4.39. The molecule has 0 heterocycles. The fraction of sp³-hybridized carbons (Fsp3) is 0.667. The van der Waals surface area contributed by atoms with Gasteiger partial charge in [-0.05, 0) is 135 Å². The van der Waals surface area contributed by atoms with Crippen LogP contribution in [0.4, 0.5) is 0 Å². The first-order chi connectivity index (χ1) is 40.0. The van der Waals surface area contributed by atoms with E-state index in [0.29, 0.717) is 19.3 Å². The third kappa shape index (κ3) is 66.2. The lowest BCUT2D eigenvalue weighted by Crippen LogP contribution is -2.30. The van der Waals surface area contributed by atoms with Crippen molar-refractivity contribution < 1.29 is 28.6 Å². The van der Waals surface area contributed by atoms with E-state index in [2.05, 4.69) is 154 Å². The molecule has 0 aliphatic carbocycles. The monoisotopic (exact) mass is 1120 g/mol. The molecule has 0 bridgehead atoms. The van der Waals surface area contributed by atoms with Crippen molar-refractivity contribution in [3.05, 3.63) is 134 Å². The van der Waals surface area contributed by atoms with E-state index in [1.54, 1.807) is 0 Å².